The highest BCUT2D eigenvalue weighted by Crippen LogP contribution is 2.34. The van der Waals surface area contributed by atoms with Gasteiger partial charge in [0.15, 0.2) is 0 Å². The van der Waals surface area contributed by atoms with Gasteiger partial charge in [0.25, 0.3) is 11.1 Å². The largest absolute Gasteiger partial charge is 0.318 e. The Balaban J connectivity index is 1.61. The molecule has 0 saturated carbocycles. The molecule has 0 bridgehead atoms. The molecule has 0 aliphatic carbocycles. The molecule has 1 aromatic heterocycles. The van der Waals surface area contributed by atoms with Crippen LogP contribution in [-0.2, 0) is 11.3 Å². The minimum absolute atomic E-state index is 0.202. The van der Waals surface area contributed by atoms with E-state index in [2.05, 4.69) is 0 Å². The van der Waals surface area contributed by atoms with E-state index in [0.29, 0.717) is 9.93 Å². The highest BCUT2D eigenvalue weighted by Gasteiger charge is 2.35. The molecule has 0 spiro atoms. The van der Waals surface area contributed by atoms with E-state index in [-0.39, 0.29) is 23.5 Å². The predicted molar refractivity (Wildman–Crippen MR) is 118 cm³/mol. The monoisotopic (exact) mass is 440 g/mol. The maximum Gasteiger partial charge on any atom is 0.293 e. The molecule has 2 aromatic carbocycles. The Bertz CT molecular complexity index is 1170. The normalized spacial score (nSPS) is 15.5. The van der Waals surface area contributed by atoms with E-state index in [4.69, 9.17) is 11.6 Å². The molecular formula is C23H18ClFN2O2S. The van der Waals surface area contributed by atoms with Crippen LogP contribution >= 0.6 is 23.4 Å². The molecule has 0 radical (unpaired) electrons. The van der Waals surface area contributed by atoms with Crippen molar-refractivity contribution >= 4 is 40.6 Å². The van der Waals surface area contributed by atoms with Gasteiger partial charge < -0.3 is 4.57 Å². The van der Waals surface area contributed by atoms with Gasteiger partial charge in [0.05, 0.1) is 11.4 Å². The summed E-state index contributed by atoms with van der Waals surface area (Å²) in [5, 5.41) is 0.304. The van der Waals surface area contributed by atoms with Crippen LogP contribution < -0.4 is 0 Å². The Morgan fingerprint density at radius 3 is 2.37 bits per heavy atom. The second-order valence-corrected chi connectivity index (χ2v) is 8.46. The lowest BCUT2D eigenvalue weighted by molar-refractivity contribution is -0.123. The number of hydrogen-bond donors (Lipinski definition) is 0. The lowest BCUT2D eigenvalue weighted by atomic mass is 10.2. The number of nitrogens with zero attached hydrogens (tertiary/aromatic N) is 2. The van der Waals surface area contributed by atoms with Gasteiger partial charge in [-0.15, -0.1) is 0 Å². The summed E-state index contributed by atoms with van der Waals surface area (Å²) >= 11 is 6.83. The molecule has 7 heteroatoms. The van der Waals surface area contributed by atoms with Crippen molar-refractivity contribution in [2.45, 2.75) is 20.4 Å². The molecule has 30 heavy (non-hydrogen) atoms. The molecule has 1 fully saturated rings. The first-order chi connectivity index (χ1) is 14.3. The first-order valence-electron chi connectivity index (χ1n) is 9.28. The van der Waals surface area contributed by atoms with Crippen LogP contribution in [0.3, 0.4) is 0 Å². The average molecular weight is 441 g/mol. The van der Waals surface area contributed by atoms with E-state index in [0.717, 1.165) is 40.0 Å². The van der Waals surface area contributed by atoms with E-state index in [9.17, 15) is 14.0 Å². The van der Waals surface area contributed by atoms with Crippen molar-refractivity contribution in [1.82, 2.24) is 9.47 Å². The minimum Gasteiger partial charge on any atom is -0.318 e. The number of aryl methyl sites for hydroxylation is 1. The quantitative estimate of drug-likeness (QED) is 0.459. The number of carbonyl (C=O) groups is 2. The number of amides is 2. The zero-order chi connectivity index (χ0) is 21.4. The van der Waals surface area contributed by atoms with Crippen LogP contribution in [0.5, 0.6) is 0 Å². The second kappa shape index (κ2) is 8.13. The van der Waals surface area contributed by atoms with Gasteiger partial charge >= 0.3 is 0 Å². The van der Waals surface area contributed by atoms with Gasteiger partial charge in [-0.05, 0) is 85.3 Å². The number of thioether (sulfide) groups is 1. The number of hydrogen-bond acceptors (Lipinski definition) is 3. The van der Waals surface area contributed by atoms with Gasteiger partial charge in [-0.25, -0.2) is 4.39 Å². The first kappa shape index (κ1) is 20.4. The van der Waals surface area contributed by atoms with Crippen LogP contribution in [0, 0.1) is 19.7 Å². The molecule has 0 N–H and O–H groups in total. The third kappa shape index (κ3) is 3.93. The van der Waals surface area contributed by atoms with E-state index < -0.39 is 0 Å². The smallest absolute Gasteiger partial charge is 0.293 e. The predicted octanol–water partition coefficient (Wildman–Crippen LogP) is 6.12. The number of halogens is 2. The number of aromatic nitrogens is 1. The van der Waals surface area contributed by atoms with Crippen molar-refractivity contribution in [2.75, 3.05) is 0 Å². The maximum atomic E-state index is 13.3. The molecule has 2 amide bonds. The van der Waals surface area contributed by atoms with E-state index in [1.807, 2.05) is 24.5 Å². The van der Waals surface area contributed by atoms with Crippen molar-refractivity contribution < 1.29 is 14.0 Å². The van der Waals surface area contributed by atoms with Gasteiger partial charge in [0, 0.05) is 22.1 Å². The SMILES string of the molecule is Cc1cc(C=C2SC(=O)N(Cc3ccc(Cl)cc3)C2=O)c(C)n1-c1ccc(F)cc1. The lowest BCUT2D eigenvalue weighted by Crippen LogP contribution is -2.27. The van der Waals surface area contributed by atoms with Crippen molar-refractivity contribution in [3.05, 3.63) is 92.9 Å². The lowest BCUT2D eigenvalue weighted by Gasteiger charge is -2.12. The second-order valence-electron chi connectivity index (χ2n) is 7.03. The number of carbonyl (C=O) groups excluding carboxylic acids is 2. The Morgan fingerprint density at radius 2 is 1.70 bits per heavy atom. The molecule has 3 aromatic rings. The summed E-state index contributed by atoms with van der Waals surface area (Å²) in [6, 6.07) is 15.2. The van der Waals surface area contributed by atoms with Crippen LogP contribution in [0.15, 0.2) is 59.5 Å². The summed E-state index contributed by atoms with van der Waals surface area (Å²) < 4.78 is 15.3. The molecule has 0 atom stereocenters. The van der Waals surface area contributed by atoms with Crippen LogP contribution in [0.1, 0.15) is 22.5 Å². The standard InChI is InChI=1S/C23H18ClFN2O2S/c1-14-11-17(15(2)27(14)20-9-7-19(25)8-10-20)12-21-22(28)26(23(29)30-21)13-16-3-5-18(24)6-4-16/h3-12H,13H2,1-2H3. The zero-order valence-electron chi connectivity index (χ0n) is 16.4. The maximum absolute atomic E-state index is 13.3. The summed E-state index contributed by atoms with van der Waals surface area (Å²) in [4.78, 5) is 26.9. The van der Waals surface area contributed by atoms with E-state index in [1.165, 1.54) is 17.0 Å². The highest BCUT2D eigenvalue weighted by atomic mass is 35.5. The molecule has 1 saturated heterocycles. The van der Waals surface area contributed by atoms with Crippen molar-refractivity contribution in [2.24, 2.45) is 0 Å². The van der Waals surface area contributed by atoms with Crippen molar-refractivity contribution in [3.8, 4) is 5.69 Å². The average Bonchev–Trinajstić information content (AvgIpc) is 3.14. The van der Waals surface area contributed by atoms with Crippen LogP contribution in [-0.4, -0.2) is 20.6 Å². The molecule has 0 unspecified atom stereocenters. The molecule has 4 rings (SSSR count). The summed E-state index contributed by atoms with van der Waals surface area (Å²) in [5.74, 6) is -0.609. The van der Waals surface area contributed by atoms with Crippen molar-refractivity contribution in [1.29, 1.82) is 0 Å². The molecule has 1 aliphatic heterocycles. The Kier molecular flexibility index (Phi) is 5.54. The number of benzene rings is 2. The van der Waals surface area contributed by atoms with Crippen LogP contribution in [0.2, 0.25) is 5.02 Å². The highest BCUT2D eigenvalue weighted by molar-refractivity contribution is 8.18. The molecule has 1 aliphatic rings. The third-order valence-corrected chi connectivity index (χ3v) is 6.13. The van der Waals surface area contributed by atoms with Gasteiger partial charge in [-0.3, -0.25) is 14.5 Å². The fourth-order valence-corrected chi connectivity index (χ4v) is 4.43. The first-order valence-corrected chi connectivity index (χ1v) is 10.5. The van der Waals surface area contributed by atoms with E-state index >= 15 is 0 Å². The van der Waals surface area contributed by atoms with Gasteiger partial charge in [-0.1, -0.05) is 23.7 Å². The summed E-state index contributed by atoms with van der Waals surface area (Å²) in [6.07, 6.45) is 1.75. The van der Waals surface area contributed by atoms with Gasteiger partial charge in [0.1, 0.15) is 5.82 Å². The fraction of sp³-hybridized carbons (Fsp3) is 0.130. The molecular weight excluding hydrogens is 423 g/mol. The third-order valence-electron chi connectivity index (χ3n) is 4.97. The minimum atomic E-state index is -0.313. The zero-order valence-corrected chi connectivity index (χ0v) is 17.9. The number of imide groups is 1. The van der Waals surface area contributed by atoms with Crippen molar-refractivity contribution in [3.63, 3.8) is 0 Å². The Labute approximate surface area is 182 Å². The van der Waals surface area contributed by atoms with Crippen LogP contribution in [0.25, 0.3) is 11.8 Å². The fourth-order valence-electron chi connectivity index (χ4n) is 3.47. The molecule has 4 nitrogen and oxygen atoms in total. The summed E-state index contributed by atoms with van der Waals surface area (Å²) in [5.41, 5.74) is 4.36. The van der Waals surface area contributed by atoms with E-state index in [1.54, 1.807) is 42.5 Å². The summed E-state index contributed by atoms with van der Waals surface area (Å²) in [6.45, 7) is 4.08. The van der Waals surface area contributed by atoms with Gasteiger partial charge in [-0.2, -0.15) is 0 Å². The summed E-state index contributed by atoms with van der Waals surface area (Å²) in [7, 11) is 0. The topological polar surface area (TPSA) is 42.3 Å². The molecule has 152 valence electrons. The van der Waals surface area contributed by atoms with Gasteiger partial charge in [0.2, 0.25) is 0 Å². The van der Waals surface area contributed by atoms with Crippen LogP contribution in [0.4, 0.5) is 9.18 Å². The Hall–Kier alpha value is -2.83. The molecule has 2 heterocycles. The Morgan fingerprint density at radius 1 is 1.03 bits per heavy atom. The number of rotatable bonds is 4.